The number of hydrogen-bond donors (Lipinski definition) is 1. The number of carbonyl (C=O) groups is 1. The van der Waals surface area contributed by atoms with Gasteiger partial charge in [-0.2, -0.15) is 5.10 Å². The van der Waals surface area contributed by atoms with Crippen LogP contribution in [0.1, 0.15) is 17.1 Å². The van der Waals surface area contributed by atoms with E-state index < -0.39 is 0 Å². The van der Waals surface area contributed by atoms with E-state index in [2.05, 4.69) is 10.4 Å². The van der Waals surface area contributed by atoms with Crippen LogP contribution in [0.3, 0.4) is 0 Å². The number of rotatable bonds is 7. The molecule has 27 heavy (non-hydrogen) atoms. The predicted octanol–water partition coefficient (Wildman–Crippen LogP) is 3.50. The lowest BCUT2D eigenvalue weighted by Gasteiger charge is -2.14. The first-order valence-electron chi connectivity index (χ1n) is 8.38. The SMILES string of the molecule is COc1cccc(Cn2nccc2NC(=O)/C=C/c2ccc(C)o2)c1OC. The topological polar surface area (TPSA) is 78.5 Å². The average molecular weight is 367 g/mol. The van der Waals surface area contributed by atoms with Gasteiger partial charge in [-0.05, 0) is 31.2 Å². The number of nitrogens with one attached hydrogen (secondary N) is 1. The van der Waals surface area contributed by atoms with Crippen molar-refractivity contribution >= 4 is 17.8 Å². The summed E-state index contributed by atoms with van der Waals surface area (Å²) in [5, 5.41) is 7.09. The van der Waals surface area contributed by atoms with E-state index in [0.717, 1.165) is 11.3 Å². The van der Waals surface area contributed by atoms with Gasteiger partial charge in [-0.15, -0.1) is 0 Å². The third-order valence-electron chi connectivity index (χ3n) is 3.93. The van der Waals surface area contributed by atoms with Crippen LogP contribution >= 0.6 is 0 Å². The Kier molecular flexibility index (Phi) is 5.61. The van der Waals surface area contributed by atoms with Crippen LogP contribution in [0.25, 0.3) is 6.08 Å². The van der Waals surface area contributed by atoms with Crippen LogP contribution in [0.15, 0.2) is 53.1 Å². The number of para-hydroxylation sites is 1. The summed E-state index contributed by atoms with van der Waals surface area (Å²) in [7, 11) is 3.18. The Labute approximate surface area is 157 Å². The molecular weight excluding hydrogens is 346 g/mol. The van der Waals surface area contributed by atoms with Gasteiger partial charge >= 0.3 is 0 Å². The molecular formula is C20H21N3O4. The fraction of sp³-hybridized carbons (Fsp3) is 0.200. The van der Waals surface area contributed by atoms with Gasteiger partial charge in [0.1, 0.15) is 17.3 Å². The highest BCUT2D eigenvalue weighted by Gasteiger charge is 2.12. The molecule has 140 valence electrons. The first kappa shape index (κ1) is 18.3. The third kappa shape index (κ3) is 4.38. The van der Waals surface area contributed by atoms with E-state index >= 15 is 0 Å². The van der Waals surface area contributed by atoms with Crippen molar-refractivity contribution in [1.29, 1.82) is 0 Å². The number of amides is 1. The molecule has 2 aromatic heterocycles. The van der Waals surface area contributed by atoms with Gasteiger partial charge in [-0.1, -0.05) is 12.1 Å². The molecule has 0 atom stereocenters. The molecule has 3 aromatic rings. The van der Waals surface area contributed by atoms with E-state index in [9.17, 15) is 4.79 Å². The standard InChI is InChI=1S/C20H21N3O4/c1-14-7-8-16(27-14)9-10-19(24)22-18-11-12-21-23(18)13-15-5-4-6-17(25-2)20(15)26-3/h4-12H,13H2,1-3H3,(H,22,24)/b10-9+. The monoisotopic (exact) mass is 367 g/mol. The zero-order valence-corrected chi connectivity index (χ0v) is 15.4. The number of methoxy groups -OCH3 is 2. The molecule has 0 aliphatic carbocycles. The number of hydrogen-bond acceptors (Lipinski definition) is 5. The minimum absolute atomic E-state index is 0.275. The van der Waals surface area contributed by atoms with Gasteiger partial charge in [0.2, 0.25) is 5.91 Å². The Hall–Kier alpha value is -3.48. The van der Waals surface area contributed by atoms with Crippen molar-refractivity contribution in [2.45, 2.75) is 13.5 Å². The summed E-state index contributed by atoms with van der Waals surface area (Å²) < 4.78 is 17.9. The second kappa shape index (κ2) is 8.27. The van der Waals surface area contributed by atoms with E-state index in [1.165, 1.54) is 6.08 Å². The summed E-state index contributed by atoms with van der Waals surface area (Å²) in [5.41, 5.74) is 0.887. The lowest BCUT2D eigenvalue weighted by atomic mass is 10.2. The number of anilines is 1. The summed E-state index contributed by atoms with van der Waals surface area (Å²) in [6.45, 7) is 2.27. The van der Waals surface area contributed by atoms with Crippen molar-refractivity contribution in [2.75, 3.05) is 19.5 Å². The van der Waals surface area contributed by atoms with Gasteiger partial charge in [-0.25, -0.2) is 4.68 Å². The van der Waals surface area contributed by atoms with Crippen molar-refractivity contribution in [3.05, 3.63) is 65.8 Å². The zero-order chi connectivity index (χ0) is 19.2. The van der Waals surface area contributed by atoms with Crippen LogP contribution in [0.4, 0.5) is 5.82 Å². The van der Waals surface area contributed by atoms with Gasteiger partial charge in [0, 0.05) is 17.7 Å². The minimum Gasteiger partial charge on any atom is -0.493 e. The van der Waals surface area contributed by atoms with Gasteiger partial charge in [-0.3, -0.25) is 4.79 Å². The summed E-state index contributed by atoms with van der Waals surface area (Å²) in [4.78, 5) is 12.2. The van der Waals surface area contributed by atoms with Crippen molar-refractivity contribution in [2.24, 2.45) is 0 Å². The second-order valence-electron chi connectivity index (χ2n) is 5.80. The Morgan fingerprint density at radius 2 is 2.07 bits per heavy atom. The maximum absolute atomic E-state index is 12.2. The maximum Gasteiger partial charge on any atom is 0.249 e. The Morgan fingerprint density at radius 3 is 2.78 bits per heavy atom. The molecule has 2 heterocycles. The molecule has 0 aliphatic rings. The van der Waals surface area contributed by atoms with E-state index in [1.807, 2.05) is 31.2 Å². The molecule has 0 saturated carbocycles. The van der Waals surface area contributed by atoms with E-state index in [4.69, 9.17) is 13.9 Å². The fourth-order valence-electron chi connectivity index (χ4n) is 2.67. The largest absolute Gasteiger partial charge is 0.493 e. The molecule has 0 saturated heterocycles. The highest BCUT2D eigenvalue weighted by Crippen LogP contribution is 2.31. The Balaban J connectivity index is 1.73. The van der Waals surface area contributed by atoms with Crippen LogP contribution in [0, 0.1) is 6.92 Å². The lowest BCUT2D eigenvalue weighted by Crippen LogP contribution is -2.14. The zero-order valence-electron chi connectivity index (χ0n) is 15.4. The van der Waals surface area contributed by atoms with Crippen LogP contribution in [0.2, 0.25) is 0 Å². The summed E-state index contributed by atoms with van der Waals surface area (Å²) in [6, 6.07) is 11.0. The van der Waals surface area contributed by atoms with Crippen molar-refractivity contribution < 1.29 is 18.7 Å². The highest BCUT2D eigenvalue weighted by molar-refractivity contribution is 6.01. The molecule has 1 aromatic carbocycles. The molecule has 1 amide bonds. The van der Waals surface area contributed by atoms with Gasteiger partial charge in [0.15, 0.2) is 11.5 Å². The van der Waals surface area contributed by atoms with Crippen LogP contribution in [0.5, 0.6) is 11.5 Å². The predicted molar refractivity (Wildman–Crippen MR) is 102 cm³/mol. The molecule has 1 N–H and O–H groups in total. The smallest absolute Gasteiger partial charge is 0.249 e. The summed E-state index contributed by atoms with van der Waals surface area (Å²) in [5.74, 6) is 3.00. The highest BCUT2D eigenvalue weighted by atomic mass is 16.5. The lowest BCUT2D eigenvalue weighted by molar-refractivity contribution is -0.111. The fourth-order valence-corrected chi connectivity index (χ4v) is 2.67. The Morgan fingerprint density at radius 1 is 1.22 bits per heavy atom. The Bertz CT molecular complexity index is 956. The van der Waals surface area contributed by atoms with Crippen molar-refractivity contribution in [1.82, 2.24) is 9.78 Å². The first-order valence-corrected chi connectivity index (χ1v) is 8.38. The van der Waals surface area contributed by atoms with E-state index in [1.54, 1.807) is 43.3 Å². The number of aromatic nitrogens is 2. The van der Waals surface area contributed by atoms with Gasteiger partial charge in [0.25, 0.3) is 0 Å². The van der Waals surface area contributed by atoms with Crippen LogP contribution in [-0.2, 0) is 11.3 Å². The molecule has 0 unspecified atom stereocenters. The molecule has 0 fully saturated rings. The second-order valence-corrected chi connectivity index (χ2v) is 5.80. The number of carbonyl (C=O) groups excluding carboxylic acids is 1. The number of benzene rings is 1. The summed E-state index contributed by atoms with van der Waals surface area (Å²) >= 11 is 0. The minimum atomic E-state index is -0.275. The summed E-state index contributed by atoms with van der Waals surface area (Å²) in [6.07, 6.45) is 4.66. The maximum atomic E-state index is 12.2. The molecule has 3 rings (SSSR count). The van der Waals surface area contributed by atoms with E-state index in [0.29, 0.717) is 29.6 Å². The first-order chi connectivity index (χ1) is 13.1. The normalized spacial score (nSPS) is 10.9. The third-order valence-corrected chi connectivity index (χ3v) is 3.93. The molecule has 7 heteroatoms. The average Bonchev–Trinajstić information content (AvgIpc) is 3.28. The molecule has 0 radical (unpaired) electrons. The number of nitrogens with zero attached hydrogens (tertiary/aromatic N) is 2. The van der Waals surface area contributed by atoms with Crippen LogP contribution < -0.4 is 14.8 Å². The number of furan rings is 1. The van der Waals surface area contributed by atoms with E-state index in [-0.39, 0.29) is 5.91 Å². The quantitative estimate of drug-likeness (QED) is 0.647. The van der Waals surface area contributed by atoms with Crippen molar-refractivity contribution in [3.63, 3.8) is 0 Å². The molecule has 7 nitrogen and oxygen atoms in total. The number of ether oxygens (including phenoxy) is 2. The van der Waals surface area contributed by atoms with Gasteiger partial charge < -0.3 is 19.2 Å². The molecule has 0 spiro atoms. The van der Waals surface area contributed by atoms with Gasteiger partial charge in [0.05, 0.1) is 27.0 Å². The van der Waals surface area contributed by atoms with Crippen molar-refractivity contribution in [3.8, 4) is 11.5 Å². The number of aryl methyl sites for hydroxylation is 1. The molecule has 0 aliphatic heterocycles. The van der Waals surface area contributed by atoms with Crippen LogP contribution in [-0.4, -0.2) is 29.9 Å². The molecule has 0 bridgehead atoms.